The lowest BCUT2D eigenvalue weighted by molar-refractivity contribution is -0.140. The summed E-state index contributed by atoms with van der Waals surface area (Å²) in [6.45, 7) is 5.33. The maximum absolute atomic E-state index is 12.4. The first-order chi connectivity index (χ1) is 15.1. The summed E-state index contributed by atoms with van der Waals surface area (Å²) in [6.07, 6.45) is 17.9. The van der Waals surface area contributed by atoms with E-state index in [0.29, 0.717) is 5.75 Å². The minimum absolute atomic E-state index is 0.0681. The lowest BCUT2D eigenvalue weighted by atomic mass is 9.78. The average Bonchev–Trinajstić information content (AvgIpc) is 2.79. The van der Waals surface area contributed by atoms with Crippen LogP contribution in [0, 0.1) is 23.7 Å². The van der Waals surface area contributed by atoms with Crippen LogP contribution in [-0.2, 0) is 4.79 Å². The molecule has 0 heterocycles. The van der Waals surface area contributed by atoms with E-state index < -0.39 is 0 Å². The van der Waals surface area contributed by atoms with Gasteiger partial charge in [-0.1, -0.05) is 65.2 Å². The molecule has 0 atom stereocenters. The van der Waals surface area contributed by atoms with Gasteiger partial charge in [-0.25, -0.2) is 0 Å². The Kier molecular flexibility index (Phi) is 10.2. The van der Waals surface area contributed by atoms with E-state index in [1.165, 1.54) is 57.8 Å². The Bertz CT molecular complexity index is 622. The van der Waals surface area contributed by atoms with Crippen LogP contribution in [0.2, 0.25) is 0 Å². The number of esters is 1. The summed E-state index contributed by atoms with van der Waals surface area (Å²) in [5, 5.41) is 0. The van der Waals surface area contributed by atoms with Crippen LogP contribution >= 0.6 is 0 Å². The normalized spacial score (nSPS) is 26.4. The number of unbranched alkanes of at least 4 members (excludes halogenated alkanes) is 2. The molecule has 0 aliphatic heterocycles. The zero-order valence-corrected chi connectivity index (χ0v) is 20.0. The molecule has 0 radical (unpaired) electrons. The molecule has 174 valence electrons. The van der Waals surface area contributed by atoms with Crippen molar-refractivity contribution in [1.82, 2.24) is 0 Å². The van der Waals surface area contributed by atoms with Crippen LogP contribution < -0.4 is 9.47 Å². The molecule has 3 heteroatoms. The molecule has 2 aliphatic rings. The Morgan fingerprint density at radius 2 is 1.39 bits per heavy atom. The third-order valence-corrected chi connectivity index (χ3v) is 7.60. The van der Waals surface area contributed by atoms with Gasteiger partial charge >= 0.3 is 5.97 Å². The van der Waals surface area contributed by atoms with E-state index in [-0.39, 0.29) is 11.9 Å². The molecule has 1 aromatic rings. The second-order valence-electron chi connectivity index (χ2n) is 10.2. The van der Waals surface area contributed by atoms with Crippen molar-refractivity contribution in [3.8, 4) is 11.5 Å². The fraction of sp³-hybridized carbons (Fsp3) is 0.750. The molecular weight excluding hydrogens is 384 g/mol. The van der Waals surface area contributed by atoms with Crippen molar-refractivity contribution >= 4 is 5.97 Å². The van der Waals surface area contributed by atoms with Crippen molar-refractivity contribution in [3.05, 3.63) is 24.3 Å². The van der Waals surface area contributed by atoms with Gasteiger partial charge in [0.05, 0.1) is 12.5 Å². The molecule has 0 N–H and O–H groups in total. The van der Waals surface area contributed by atoms with Crippen molar-refractivity contribution < 1.29 is 14.3 Å². The third kappa shape index (κ3) is 8.50. The van der Waals surface area contributed by atoms with Crippen LogP contribution in [0.15, 0.2) is 24.3 Å². The second kappa shape index (κ2) is 13.1. The lowest BCUT2D eigenvalue weighted by Crippen LogP contribution is -2.24. The standard InChI is InChI=1S/C28H44O3/c1-3-4-5-7-23-11-13-24(14-12-23)8-6-21-30-26-17-19-27(20-18-26)31-28(29)25-15-9-22(2)10-16-25/h17-20,22-25H,3-16,21H2,1-2H3/t22-,23-,24-,25-. The van der Waals surface area contributed by atoms with Gasteiger partial charge in [-0.2, -0.15) is 0 Å². The van der Waals surface area contributed by atoms with Crippen LogP contribution in [0.1, 0.15) is 104 Å². The van der Waals surface area contributed by atoms with Crippen LogP contribution in [0.4, 0.5) is 0 Å². The number of carbonyl (C=O) groups excluding carboxylic acids is 1. The predicted molar refractivity (Wildman–Crippen MR) is 128 cm³/mol. The van der Waals surface area contributed by atoms with Gasteiger partial charge in [-0.05, 0) is 80.5 Å². The molecule has 3 rings (SSSR count). The van der Waals surface area contributed by atoms with Gasteiger partial charge in [0.15, 0.2) is 0 Å². The number of carbonyl (C=O) groups is 1. The van der Waals surface area contributed by atoms with Crippen LogP contribution in [0.25, 0.3) is 0 Å². The molecule has 0 saturated heterocycles. The molecule has 0 aromatic heterocycles. The van der Waals surface area contributed by atoms with Gasteiger partial charge in [-0.15, -0.1) is 0 Å². The average molecular weight is 429 g/mol. The molecule has 0 spiro atoms. The molecular formula is C28H44O3. The van der Waals surface area contributed by atoms with E-state index in [2.05, 4.69) is 13.8 Å². The number of ether oxygens (including phenoxy) is 2. The molecule has 2 saturated carbocycles. The van der Waals surface area contributed by atoms with E-state index in [4.69, 9.17) is 9.47 Å². The van der Waals surface area contributed by atoms with Crippen LogP contribution in [0.3, 0.4) is 0 Å². The number of rotatable bonds is 11. The highest BCUT2D eigenvalue weighted by Gasteiger charge is 2.26. The number of hydrogen-bond acceptors (Lipinski definition) is 3. The first-order valence-electron chi connectivity index (χ1n) is 13.1. The Morgan fingerprint density at radius 3 is 2.00 bits per heavy atom. The number of hydrogen-bond donors (Lipinski definition) is 0. The van der Waals surface area contributed by atoms with E-state index in [9.17, 15) is 4.79 Å². The molecule has 2 fully saturated rings. The Morgan fingerprint density at radius 1 is 0.806 bits per heavy atom. The number of benzene rings is 1. The Labute approximate surface area is 190 Å². The van der Waals surface area contributed by atoms with E-state index in [0.717, 1.165) is 62.2 Å². The molecule has 0 bridgehead atoms. The topological polar surface area (TPSA) is 35.5 Å². The molecule has 0 unspecified atom stereocenters. The molecule has 31 heavy (non-hydrogen) atoms. The summed E-state index contributed by atoms with van der Waals surface area (Å²) < 4.78 is 11.5. The van der Waals surface area contributed by atoms with Gasteiger partial charge < -0.3 is 9.47 Å². The van der Waals surface area contributed by atoms with E-state index in [1.54, 1.807) is 0 Å². The van der Waals surface area contributed by atoms with Gasteiger partial charge in [-0.3, -0.25) is 4.79 Å². The van der Waals surface area contributed by atoms with Gasteiger partial charge in [0.1, 0.15) is 11.5 Å². The van der Waals surface area contributed by atoms with Gasteiger partial charge in [0.25, 0.3) is 0 Å². The summed E-state index contributed by atoms with van der Waals surface area (Å²) in [7, 11) is 0. The van der Waals surface area contributed by atoms with Crippen LogP contribution in [-0.4, -0.2) is 12.6 Å². The highest BCUT2D eigenvalue weighted by Crippen LogP contribution is 2.34. The SMILES string of the molecule is CCCCC[C@H]1CC[C@H](CCCOc2ccc(OC(=O)[C@H]3CC[C@H](C)CC3)cc2)CC1. The maximum atomic E-state index is 12.4. The quantitative estimate of drug-likeness (QED) is 0.204. The zero-order valence-electron chi connectivity index (χ0n) is 20.0. The molecule has 2 aliphatic carbocycles. The molecule has 1 aromatic carbocycles. The maximum Gasteiger partial charge on any atom is 0.314 e. The van der Waals surface area contributed by atoms with Crippen molar-refractivity contribution in [1.29, 1.82) is 0 Å². The third-order valence-electron chi connectivity index (χ3n) is 7.60. The minimum atomic E-state index is -0.0688. The largest absolute Gasteiger partial charge is 0.494 e. The highest BCUT2D eigenvalue weighted by molar-refractivity contribution is 5.75. The van der Waals surface area contributed by atoms with Gasteiger partial charge in [0.2, 0.25) is 0 Å². The summed E-state index contributed by atoms with van der Waals surface area (Å²) in [6, 6.07) is 7.57. The predicted octanol–water partition coefficient (Wildman–Crippen LogP) is 7.96. The van der Waals surface area contributed by atoms with Crippen molar-refractivity contribution in [3.63, 3.8) is 0 Å². The molecule has 3 nitrogen and oxygen atoms in total. The monoisotopic (exact) mass is 428 g/mol. The lowest BCUT2D eigenvalue weighted by Gasteiger charge is -2.28. The zero-order chi connectivity index (χ0) is 21.9. The summed E-state index contributed by atoms with van der Waals surface area (Å²) in [4.78, 5) is 12.4. The van der Waals surface area contributed by atoms with Crippen molar-refractivity contribution in [2.45, 2.75) is 104 Å². The summed E-state index contributed by atoms with van der Waals surface area (Å²) in [5.41, 5.74) is 0. The Balaban J connectivity index is 1.27. The summed E-state index contributed by atoms with van der Waals surface area (Å²) >= 11 is 0. The molecule has 0 amide bonds. The van der Waals surface area contributed by atoms with Crippen molar-refractivity contribution in [2.24, 2.45) is 23.7 Å². The fourth-order valence-corrected chi connectivity index (χ4v) is 5.35. The van der Waals surface area contributed by atoms with Gasteiger partial charge in [0, 0.05) is 0 Å². The van der Waals surface area contributed by atoms with E-state index >= 15 is 0 Å². The van der Waals surface area contributed by atoms with Crippen LogP contribution in [0.5, 0.6) is 11.5 Å². The minimum Gasteiger partial charge on any atom is -0.494 e. The second-order valence-corrected chi connectivity index (χ2v) is 10.2. The smallest absolute Gasteiger partial charge is 0.314 e. The first-order valence-corrected chi connectivity index (χ1v) is 13.1. The highest BCUT2D eigenvalue weighted by atomic mass is 16.5. The van der Waals surface area contributed by atoms with Crippen molar-refractivity contribution in [2.75, 3.05) is 6.61 Å². The summed E-state index contributed by atoms with van der Waals surface area (Å²) in [5.74, 6) is 4.13. The Hall–Kier alpha value is -1.51. The van der Waals surface area contributed by atoms with E-state index in [1.807, 2.05) is 24.3 Å². The first kappa shape index (κ1) is 24.1. The fourth-order valence-electron chi connectivity index (χ4n) is 5.35.